The lowest BCUT2D eigenvalue weighted by Crippen LogP contribution is -2.26. The van der Waals surface area contributed by atoms with Crippen LogP contribution in [-0.2, 0) is 5.41 Å². The maximum atomic E-state index is 5.15. The smallest absolute Gasteiger partial charge is 0.238 e. The summed E-state index contributed by atoms with van der Waals surface area (Å²) >= 11 is 0. The van der Waals surface area contributed by atoms with Crippen molar-refractivity contribution in [3.05, 3.63) is 151 Å². The number of benzene rings is 6. The second-order valence-corrected chi connectivity index (χ2v) is 12.9. The van der Waals surface area contributed by atoms with Crippen molar-refractivity contribution in [2.75, 3.05) is 0 Å². The first-order chi connectivity index (χ1) is 23.1. The molecule has 0 N–H and O–H groups in total. The van der Waals surface area contributed by atoms with E-state index in [0.717, 1.165) is 22.2 Å². The van der Waals surface area contributed by atoms with Gasteiger partial charge >= 0.3 is 0 Å². The maximum Gasteiger partial charge on any atom is 0.238 e. The van der Waals surface area contributed by atoms with Crippen LogP contribution in [0.4, 0.5) is 0 Å². The van der Waals surface area contributed by atoms with Crippen LogP contribution in [0.3, 0.4) is 0 Å². The molecule has 3 aromatic heterocycles. The Balaban J connectivity index is 1.37. The molecule has 0 saturated heterocycles. The number of rotatable bonds is 3. The fourth-order valence-electron chi connectivity index (χ4n) is 7.81. The van der Waals surface area contributed by atoms with Crippen molar-refractivity contribution in [2.45, 2.75) is 19.3 Å². The topological polar surface area (TPSA) is 48.5 Å². The summed E-state index contributed by atoms with van der Waals surface area (Å²) in [6.45, 7) is 4.69. The predicted octanol–water partition coefficient (Wildman–Crippen LogP) is 10.0. The van der Waals surface area contributed by atoms with E-state index in [1.54, 1.807) is 0 Å². The molecular weight excluding hydrogens is 574 g/mol. The average Bonchev–Trinajstić information content (AvgIpc) is 3.65. The van der Waals surface area contributed by atoms with Gasteiger partial charge in [0.25, 0.3) is 0 Å². The fourth-order valence-corrected chi connectivity index (χ4v) is 7.81. The van der Waals surface area contributed by atoms with E-state index in [9.17, 15) is 0 Å². The van der Waals surface area contributed by atoms with Gasteiger partial charge in [-0.15, -0.1) is 0 Å². The Labute approximate surface area is 271 Å². The minimum Gasteiger partial charge on any atom is -0.308 e. The number of fused-ring (bicyclic) bond motifs is 9. The van der Waals surface area contributed by atoms with Gasteiger partial charge in [0.05, 0.1) is 27.8 Å². The second kappa shape index (κ2) is 9.47. The largest absolute Gasteiger partial charge is 0.308 e. The number of hydrogen-bond donors (Lipinski definition) is 0. The van der Waals surface area contributed by atoms with E-state index in [1.165, 1.54) is 49.4 Å². The highest BCUT2D eigenvalue weighted by atomic mass is 15.2. The van der Waals surface area contributed by atoms with Crippen LogP contribution in [0.25, 0.3) is 78.0 Å². The van der Waals surface area contributed by atoms with Crippen LogP contribution in [0, 0.1) is 0 Å². The van der Waals surface area contributed by atoms with Crippen molar-refractivity contribution in [3.8, 4) is 34.4 Å². The maximum absolute atomic E-state index is 5.15. The fraction of sp³-hybridized carbons (Fsp3) is 0.0714. The van der Waals surface area contributed by atoms with Crippen LogP contribution in [0.1, 0.15) is 25.0 Å². The molecule has 5 heteroatoms. The van der Waals surface area contributed by atoms with Gasteiger partial charge in [-0.05, 0) is 29.3 Å². The van der Waals surface area contributed by atoms with Gasteiger partial charge in [-0.3, -0.25) is 4.57 Å². The molecule has 10 rings (SSSR count). The van der Waals surface area contributed by atoms with Gasteiger partial charge in [-0.25, -0.2) is 4.98 Å². The molecule has 0 atom stereocenters. The Kier molecular flexibility index (Phi) is 5.28. The number of para-hydroxylation sites is 3. The van der Waals surface area contributed by atoms with Crippen LogP contribution in [0.5, 0.6) is 0 Å². The highest BCUT2D eigenvalue weighted by Crippen LogP contribution is 2.49. The Hall–Kier alpha value is -6.07. The molecule has 0 unspecified atom stereocenters. The standard InChI is InChI=1S/C42H29N5/c1-42(2)31-20-10-12-23-34(31)47-37-28(19-13-21-32(37)42)29-24-25-35-36(38(29)47)30-18-9-11-22-33(30)46(35)41-44-39(26-14-5-3-6-15-26)43-40(45-41)27-16-7-4-8-17-27/h3-25H,1-2H3. The first-order valence-electron chi connectivity index (χ1n) is 16.1. The van der Waals surface area contributed by atoms with E-state index in [1.807, 2.05) is 36.4 Å². The van der Waals surface area contributed by atoms with E-state index in [-0.39, 0.29) is 5.41 Å². The summed E-state index contributed by atoms with van der Waals surface area (Å²) in [5.74, 6) is 1.89. The normalized spacial score (nSPS) is 13.5. The molecule has 6 aromatic carbocycles. The molecule has 5 nitrogen and oxygen atoms in total. The van der Waals surface area contributed by atoms with E-state index in [4.69, 9.17) is 15.0 Å². The van der Waals surface area contributed by atoms with E-state index in [0.29, 0.717) is 17.6 Å². The van der Waals surface area contributed by atoms with Gasteiger partial charge in [0.1, 0.15) is 0 Å². The Morgan fingerprint density at radius 1 is 0.447 bits per heavy atom. The highest BCUT2D eigenvalue weighted by Gasteiger charge is 2.35. The molecule has 0 spiro atoms. The Morgan fingerprint density at radius 2 is 1.04 bits per heavy atom. The van der Waals surface area contributed by atoms with Crippen molar-refractivity contribution in [1.82, 2.24) is 24.1 Å². The van der Waals surface area contributed by atoms with Gasteiger partial charge in [0.2, 0.25) is 5.95 Å². The van der Waals surface area contributed by atoms with Gasteiger partial charge in [0.15, 0.2) is 11.6 Å². The molecule has 0 saturated carbocycles. The number of aromatic nitrogens is 5. The van der Waals surface area contributed by atoms with E-state index in [2.05, 4.69) is 126 Å². The number of hydrogen-bond acceptors (Lipinski definition) is 3. The van der Waals surface area contributed by atoms with Gasteiger partial charge in [0, 0.05) is 38.1 Å². The monoisotopic (exact) mass is 603 g/mol. The lowest BCUT2D eigenvalue weighted by Gasteiger charge is -2.34. The summed E-state index contributed by atoms with van der Waals surface area (Å²) < 4.78 is 4.73. The van der Waals surface area contributed by atoms with Gasteiger partial charge in [-0.1, -0.05) is 135 Å². The SMILES string of the molecule is CC1(C)c2ccccc2-n2c3c1cccc3c1ccc3c(c4ccccc4n3-c3nc(-c4ccccc4)nc(-c4ccccc4)n3)c12. The summed E-state index contributed by atoms with van der Waals surface area (Å²) in [4.78, 5) is 15.3. The molecule has 0 aliphatic carbocycles. The predicted molar refractivity (Wildman–Crippen MR) is 192 cm³/mol. The molecule has 0 fully saturated rings. The molecule has 0 bridgehead atoms. The van der Waals surface area contributed by atoms with E-state index < -0.39 is 0 Å². The van der Waals surface area contributed by atoms with Crippen molar-refractivity contribution < 1.29 is 0 Å². The first kappa shape index (κ1) is 26.2. The lowest BCUT2D eigenvalue weighted by molar-refractivity contribution is 0.630. The minimum atomic E-state index is -0.125. The third-order valence-corrected chi connectivity index (χ3v) is 9.96. The van der Waals surface area contributed by atoms with Crippen molar-refractivity contribution in [3.63, 3.8) is 0 Å². The third kappa shape index (κ3) is 3.57. The van der Waals surface area contributed by atoms with Crippen molar-refractivity contribution >= 4 is 43.6 Å². The van der Waals surface area contributed by atoms with Gasteiger partial charge in [-0.2, -0.15) is 9.97 Å². The molecule has 1 aliphatic heterocycles. The molecule has 4 heterocycles. The molecular formula is C42H29N5. The molecule has 9 aromatic rings. The molecule has 1 aliphatic rings. The Bertz CT molecular complexity index is 2640. The second-order valence-electron chi connectivity index (χ2n) is 12.9. The Morgan fingerprint density at radius 3 is 1.79 bits per heavy atom. The summed E-state index contributed by atoms with van der Waals surface area (Å²) in [5, 5.41) is 4.88. The lowest BCUT2D eigenvalue weighted by atomic mass is 9.75. The molecule has 0 amide bonds. The molecule has 222 valence electrons. The zero-order valence-corrected chi connectivity index (χ0v) is 26.0. The van der Waals surface area contributed by atoms with Crippen LogP contribution in [0.2, 0.25) is 0 Å². The first-order valence-corrected chi connectivity index (χ1v) is 16.1. The number of nitrogens with zero attached hydrogens (tertiary/aromatic N) is 5. The zero-order chi connectivity index (χ0) is 31.3. The van der Waals surface area contributed by atoms with Crippen LogP contribution < -0.4 is 0 Å². The summed E-state index contributed by atoms with van der Waals surface area (Å²) in [5.41, 5.74) is 10.3. The summed E-state index contributed by atoms with van der Waals surface area (Å²) in [6, 6.07) is 49.2. The van der Waals surface area contributed by atoms with Crippen molar-refractivity contribution in [2.24, 2.45) is 0 Å². The summed E-state index contributed by atoms with van der Waals surface area (Å²) in [7, 11) is 0. The quantitative estimate of drug-likeness (QED) is 0.202. The summed E-state index contributed by atoms with van der Waals surface area (Å²) in [6.07, 6.45) is 0. The van der Waals surface area contributed by atoms with Crippen molar-refractivity contribution in [1.29, 1.82) is 0 Å². The highest BCUT2D eigenvalue weighted by molar-refractivity contribution is 6.26. The van der Waals surface area contributed by atoms with Crippen LogP contribution in [-0.4, -0.2) is 24.1 Å². The van der Waals surface area contributed by atoms with Crippen LogP contribution in [0.15, 0.2) is 140 Å². The molecule has 0 radical (unpaired) electrons. The van der Waals surface area contributed by atoms with Gasteiger partial charge < -0.3 is 4.57 Å². The van der Waals surface area contributed by atoms with Crippen LogP contribution >= 0.6 is 0 Å². The van der Waals surface area contributed by atoms with E-state index >= 15 is 0 Å². The third-order valence-electron chi connectivity index (χ3n) is 9.96. The molecule has 47 heavy (non-hydrogen) atoms. The zero-order valence-electron chi connectivity index (χ0n) is 26.0. The minimum absolute atomic E-state index is 0.125. The average molecular weight is 604 g/mol.